The minimum Gasteiger partial charge on any atom is -0.461 e. The number of hydrogen-bond donors (Lipinski definition) is 0. The molecule has 2 heterocycles. The summed E-state index contributed by atoms with van der Waals surface area (Å²) in [6.07, 6.45) is 8.76. The highest BCUT2D eigenvalue weighted by molar-refractivity contribution is 5.75. The Labute approximate surface area is 283 Å². The van der Waals surface area contributed by atoms with E-state index in [0.29, 0.717) is 38.5 Å². The molecule has 4 atom stereocenters. The van der Waals surface area contributed by atoms with Crippen LogP contribution < -0.4 is 0 Å². The van der Waals surface area contributed by atoms with Crippen LogP contribution in [0.3, 0.4) is 0 Å². The maximum absolute atomic E-state index is 13.2. The molecule has 0 fully saturated rings. The lowest BCUT2D eigenvalue weighted by molar-refractivity contribution is -0.165. The summed E-state index contributed by atoms with van der Waals surface area (Å²) in [4.78, 5) is 59.5. The predicted octanol–water partition coefficient (Wildman–Crippen LogP) is 5.20. The Balaban J connectivity index is 1.59. The minimum atomic E-state index is -0.681. The van der Waals surface area contributed by atoms with Gasteiger partial charge in [-0.2, -0.15) is 0 Å². The fourth-order valence-corrected chi connectivity index (χ4v) is 5.39. The molecule has 0 aliphatic rings. The van der Waals surface area contributed by atoms with Crippen molar-refractivity contribution in [3.63, 3.8) is 0 Å². The zero-order valence-electron chi connectivity index (χ0n) is 29.1. The molecule has 0 spiro atoms. The van der Waals surface area contributed by atoms with E-state index in [4.69, 9.17) is 18.9 Å². The smallest absolute Gasteiger partial charge is 0.313 e. The van der Waals surface area contributed by atoms with E-state index < -0.39 is 36.0 Å². The SMILES string of the molecule is CCCC(=O)OC(Cc1cncn1C)[C@H](CC)C(=O)OCc1ccc(COC(=O)[C@H](CC)C(Cc2cncn2C)OC(=O)CCC)cc1. The molecular weight excluding hydrogens is 616 g/mol. The van der Waals surface area contributed by atoms with Crippen molar-refractivity contribution < 1.29 is 38.1 Å². The number of esters is 4. The Kier molecular flexibility index (Phi) is 15.3. The van der Waals surface area contributed by atoms with E-state index in [0.717, 1.165) is 22.5 Å². The van der Waals surface area contributed by atoms with E-state index in [2.05, 4.69) is 9.97 Å². The molecule has 3 rings (SSSR count). The first kappa shape index (κ1) is 38.0. The summed E-state index contributed by atoms with van der Waals surface area (Å²) in [6, 6.07) is 7.23. The first-order valence-electron chi connectivity index (χ1n) is 16.8. The average molecular weight is 667 g/mol. The number of aryl methyl sites for hydroxylation is 2. The van der Waals surface area contributed by atoms with Crippen molar-refractivity contribution in [1.82, 2.24) is 19.1 Å². The van der Waals surface area contributed by atoms with Gasteiger partial charge >= 0.3 is 23.9 Å². The van der Waals surface area contributed by atoms with Gasteiger partial charge in [0.05, 0.1) is 24.5 Å². The first-order valence-corrected chi connectivity index (χ1v) is 16.8. The highest BCUT2D eigenvalue weighted by Crippen LogP contribution is 2.23. The van der Waals surface area contributed by atoms with Crippen LogP contribution in [0, 0.1) is 11.8 Å². The molecule has 0 aliphatic carbocycles. The maximum atomic E-state index is 13.2. The minimum absolute atomic E-state index is 0.0352. The third-order valence-electron chi connectivity index (χ3n) is 8.30. The van der Waals surface area contributed by atoms with Crippen LogP contribution in [-0.2, 0) is 78.3 Å². The van der Waals surface area contributed by atoms with Crippen LogP contribution >= 0.6 is 0 Å². The van der Waals surface area contributed by atoms with Crippen LogP contribution in [0.25, 0.3) is 0 Å². The lowest BCUT2D eigenvalue weighted by Crippen LogP contribution is -2.35. The van der Waals surface area contributed by atoms with Crippen molar-refractivity contribution in [2.24, 2.45) is 25.9 Å². The number of imidazole rings is 2. The molecule has 0 aliphatic heterocycles. The Morgan fingerprint density at radius 2 is 1.02 bits per heavy atom. The van der Waals surface area contributed by atoms with Gasteiger partial charge in [-0.3, -0.25) is 19.2 Å². The standard InChI is InChI=1S/C36H50N4O8/c1-7-11-33(41)47-31(17-27-19-37-23-39(27)5)29(9-3)35(43)45-21-25-13-15-26(16-14-25)22-46-36(44)30(10-4)32(48-34(42)12-8-2)18-28-20-38-24-40(28)6/h13-16,19-20,23-24,29-32H,7-12,17-18,21-22H2,1-6H3/t29-,30+,31?,32?. The van der Waals surface area contributed by atoms with Crippen molar-refractivity contribution in [3.8, 4) is 0 Å². The summed E-state index contributed by atoms with van der Waals surface area (Å²) in [6.45, 7) is 7.60. The van der Waals surface area contributed by atoms with Crippen molar-refractivity contribution in [2.45, 2.75) is 104 Å². The van der Waals surface area contributed by atoms with Crippen molar-refractivity contribution in [1.29, 1.82) is 0 Å². The van der Waals surface area contributed by atoms with Crippen LogP contribution in [0.1, 0.15) is 88.7 Å². The number of carbonyl (C=O) groups is 4. The zero-order chi connectivity index (χ0) is 35.1. The molecule has 0 bridgehead atoms. The molecule has 0 saturated heterocycles. The third-order valence-corrected chi connectivity index (χ3v) is 8.30. The second-order valence-corrected chi connectivity index (χ2v) is 12.0. The van der Waals surface area contributed by atoms with Gasteiger partial charge in [0.1, 0.15) is 25.4 Å². The monoisotopic (exact) mass is 666 g/mol. The molecule has 262 valence electrons. The number of hydrogen-bond acceptors (Lipinski definition) is 10. The molecule has 2 unspecified atom stereocenters. The van der Waals surface area contributed by atoms with Gasteiger partial charge in [-0.15, -0.1) is 0 Å². The third kappa shape index (κ3) is 11.3. The van der Waals surface area contributed by atoms with E-state index in [1.807, 2.05) is 50.9 Å². The quantitative estimate of drug-likeness (QED) is 0.117. The number of ether oxygens (including phenoxy) is 4. The summed E-state index contributed by atoms with van der Waals surface area (Å²) in [5.41, 5.74) is 3.20. The number of nitrogens with zero attached hydrogens (tertiary/aromatic N) is 4. The summed E-state index contributed by atoms with van der Waals surface area (Å²) in [5, 5.41) is 0. The van der Waals surface area contributed by atoms with Crippen LogP contribution in [-0.4, -0.2) is 55.2 Å². The molecule has 3 aromatic rings. The van der Waals surface area contributed by atoms with E-state index in [9.17, 15) is 19.2 Å². The van der Waals surface area contributed by atoms with Crippen molar-refractivity contribution in [2.75, 3.05) is 0 Å². The molecule has 2 aromatic heterocycles. The lowest BCUT2D eigenvalue weighted by Gasteiger charge is -2.25. The summed E-state index contributed by atoms with van der Waals surface area (Å²) < 4.78 is 26.5. The van der Waals surface area contributed by atoms with Crippen LogP contribution in [0.2, 0.25) is 0 Å². The van der Waals surface area contributed by atoms with Gasteiger partial charge in [0.15, 0.2) is 0 Å². The number of carbonyl (C=O) groups excluding carboxylic acids is 4. The van der Waals surface area contributed by atoms with Crippen LogP contribution in [0.5, 0.6) is 0 Å². The molecule has 0 N–H and O–H groups in total. The van der Waals surface area contributed by atoms with E-state index in [1.54, 1.807) is 49.3 Å². The molecule has 12 heteroatoms. The Hall–Kier alpha value is -4.48. The first-order chi connectivity index (χ1) is 23.1. The van der Waals surface area contributed by atoms with Gasteiger partial charge in [0.25, 0.3) is 0 Å². The molecular formula is C36H50N4O8. The zero-order valence-corrected chi connectivity index (χ0v) is 29.1. The fourth-order valence-electron chi connectivity index (χ4n) is 5.39. The van der Waals surface area contributed by atoms with Gasteiger partial charge in [-0.05, 0) is 36.8 Å². The van der Waals surface area contributed by atoms with Gasteiger partial charge in [-0.25, -0.2) is 9.97 Å². The van der Waals surface area contributed by atoms with Gasteiger partial charge in [0.2, 0.25) is 0 Å². The van der Waals surface area contributed by atoms with Crippen LogP contribution in [0.4, 0.5) is 0 Å². The summed E-state index contributed by atoms with van der Waals surface area (Å²) in [5.74, 6) is -2.88. The molecule has 0 radical (unpaired) electrons. The average Bonchev–Trinajstić information content (AvgIpc) is 3.66. The predicted molar refractivity (Wildman–Crippen MR) is 177 cm³/mol. The van der Waals surface area contributed by atoms with Gasteiger partial charge < -0.3 is 28.1 Å². The Morgan fingerprint density at radius 1 is 0.646 bits per heavy atom. The normalized spacial score (nSPS) is 13.6. The summed E-state index contributed by atoms with van der Waals surface area (Å²) >= 11 is 0. The number of rotatable bonds is 20. The van der Waals surface area contributed by atoms with Crippen LogP contribution in [0.15, 0.2) is 49.3 Å². The Morgan fingerprint density at radius 3 is 1.31 bits per heavy atom. The van der Waals surface area contributed by atoms with Crippen molar-refractivity contribution >= 4 is 23.9 Å². The van der Waals surface area contributed by atoms with Gasteiger partial charge in [-0.1, -0.05) is 52.0 Å². The highest BCUT2D eigenvalue weighted by atomic mass is 16.6. The maximum Gasteiger partial charge on any atom is 0.313 e. The molecule has 48 heavy (non-hydrogen) atoms. The second kappa shape index (κ2) is 19.4. The highest BCUT2D eigenvalue weighted by Gasteiger charge is 2.33. The van der Waals surface area contributed by atoms with Crippen molar-refractivity contribution in [3.05, 3.63) is 71.8 Å². The van der Waals surface area contributed by atoms with E-state index >= 15 is 0 Å². The number of benzene rings is 1. The molecule has 0 saturated carbocycles. The van der Waals surface area contributed by atoms with E-state index in [-0.39, 0.29) is 38.0 Å². The molecule has 1 aromatic carbocycles. The molecule has 12 nitrogen and oxygen atoms in total. The number of aromatic nitrogens is 4. The molecule has 0 amide bonds. The summed E-state index contributed by atoms with van der Waals surface area (Å²) in [7, 11) is 3.70. The largest absolute Gasteiger partial charge is 0.461 e. The fraction of sp³-hybridized carbons (Fsp3) is 0.556. The Bertz CT molecular complexity index is 1360. The second-order valence-electron chi connectivity index (χ2n) is 12.0. The van der Waals surface area contributed by atoms with E-state index in [1.165, 1.54) is 0 Å². The topological polar surface area (TPSA) is 141 Å². The van der Waals surface area contributed by atoms with Gasteiger partial charge in [0, 0.05) is 63.6 Å². The lowest BCUT2D eigenvalue weighted by atomic mass is 9.95.